The van der Waals surface area contributed by atoms with E-state index in [9.17, 15) is 4.79 Å². The fourth-order valence-electron chi connectivity index (χ4n) is 2.17. The molecule has 5 heteroatoms. The summed E-state index contributed by atoms with van der Waals surface area (Å²) in [5.41, 5.74) is 7.41. The molecule has 0 aliphatic carbocycles. The Labute approximate surface area is 106 Å². The van der Waals surface area contributed by atoms with Crippen molar-refractivity contribution in [3.8, 4) is 5.75 Å². The normalized spacial score (nSPS) is 18.1. The molecule has 0 aromatic heterocycles. The summed E-state index contributed by atoms with van der Waals surface area (Å²) in [7, 11) is 0. The number of hydrogen-bond donors (Lipinski definition) is 2. The summed E-state index contributed by atoms with van der Waals surface area (Å²) in [4.78, 5) is 12.7. The summed E-state index contributed by atoms with van der Waals surface area (Å²) in [6, 6.07) is 5.53. The van der Waals surface area contributed by atoms with Crippen LogP contribution in [0.15, 0.2) is 18.2 Å². The van der Waals surface area contributed by atoms with E-state index in [-0.39, 0.29) is 12.5 Å². The van der Waals surface area contributed by atoms with Crippen molar-refractivity contribution in [3.63, 3.8) is 0 Å². The van der Waals surface area contributed by atoms with E-state index in [0.717, 1.165) is 17.9 Å². The molecule has 1 heterocycles. The van der Waals surface area contributed by atoms with Crippen molar-refractivity contribution in [1.82, 2.24) is 0 Å². The van der Waals surface area contributed by atoms with Crippen LogP contribution in [0.25, 0.3) is 0 Å². The van der Waals surface area contributed by atoms with Crippen molar-refractivity contribution >= 4 is 17.3 Å². The molecule has 1 aromatic carbocycles. The summed E-state index contributed by atoms with van der Waals surface area (Å²) in [6.45, 7) is 3.19. The number of nitrogens with two attached hydrogens (primary N) is 1. The number of anilines is 2. The largest absolute Gasteiger partial charge is 0.486 e. The fraction of sp³-hybridized carbons (Fsp3) is 0.462. The highest BCUT2D eigenvalue weighted by Gasteiger charge is 2.26. The van der Waals surface area contributed by atoms with Crippen molar-refractivity contribution in [2.24, 2.45) is 0 Å². The molecule has 0 bridgehead atoms. The molecular weight excluding hydrogens is 232 g/mol. The minimum Gasteiger partial charge on any atom is -0.486 e. The first-order valence-corrected chi connectivity index (χ1v) is 6.13. The van der Waals surface area contributed by atoms with Crippen molar-refractivity contribution in [2.75, 3.05) is 23.7 Å². The quantitative estimate of drug-likeness (QED) is 0.796. The molecule has 1 aliphatic rings. The van der Waals surface area contributed by atoms with Gasteiger partial charge in [-0.15, -0.1) is 0 Å². The number of nitrogen functional groups attached to an aromatic ring is 1. The Bertz CT molecular complexity index is 448. The molecule has 3 N–H and O–H groups in total. The van der Waals surface area contributed by atoms with E-state index in [1.54, 1.807) is 0 Å². The van der Waals surface area contributed by atoms with Gasteiger partial charge in [0.1, 0.15) is 17.5 Å². The Morgan fingerprint density at radius 2 is 2.39 bits per heavy atom. The summed E-state index contributed by atoms with van der Waals surface area (Å²) >= 11 is 0. The van der Waals surface area contributed by atoms with Crippen LogP contribution >= 0.6 is 0 Å². The molecule has 0 spiro atoms. The molecule has 0 fully saturated rings. The maximum absolute atomic E-state index is 10.7. The smallest absolute Gasteiger partial charge is 0.305 e. The van der Waals surface area contributed by atoms with E-state index in [0.29, 0.717) is 18.8 Å². The highest BCUT2D eigenvalue weighted by Crippen LogP contribution is 2.38. The number of aliphatic carboxylic acids is 1. The van der Waals surface area contributed by atoms with Crippen LogP contribution in [0.3, 0.4) is 0 Å². The van der Waals surface area contributed by atoms with Gasteiger partial charge in [-0.3, -0.25) is 4.79 Å². The van der Waals surface area contributed by atoms with Gasteiger partial charge in [0.15, 0.2) is 0 Å². The Hall–Kier alpha value is -1.91. The van der Waals surface area contributed by atoms with Crippen LogP contribution < -0.4 is 15.4 Å². The molecule has 1 aliphatic heterocycles. The van der Waals surface area contributed by atoms with E-state index in [2.05, 4.69) is 6.92 Å². The maximum Gasteiger partial charge on any atom is 0.305 e. The minimum atomic E-state index is -0.800. The average molecular weight is 250 g/mol. The molecule has 18 heavy (non-hydrogen) atoms. The van der Waals surface area contributed by atoms with Gasteiger partial charge in [0, 0.05) is 6.54 Å². The topological polar surface area (TPSA) is 75.8 Å². The van der Waals surface area contributed by atoms with Crippen LogP contribution in [0.5, 0.6) is 5.75 Å². The number of nitrogens with zero attached hydrogens (tertiary/aromatic N) is 1. The zero-order valence-corrected chi connectivity index (χ0v) is 10.4. The number of rotatable bonds is 4. The van der Waals surface area contributed by atoms with E-state index in [1.165, 1.54) is 0 Å². The first-order valence-electron chi connectivity index (χ1n) is 6.13. The first kappa shape index (κ1) is 12.5. The van der Waals surface area contributed by atoms with Crippen molar-refractivity contribution in [1.29, 1.82) is 0 Å². The number of hydrogen-bond acceptors (Lipinski definition) is 4. The summed E-state index contributed by atoms with van der Waals surface area (Å²) in [5.74, 6) is -0.0518. The molecule has 2 rings (SSSR count). The second-order valence-electron chi connectivity index (χ2n) is 4.43. The third-order valence-electron chi connectivity index (χ3n) is 3.12. The van der Waals surface area contributed by atoms with Gasteiger partial charge in [0.05, 0.1) is 18.7 Å². The van der Waals surface area contributed by atoms with Crippen LogP contribution in [-0.4, -0.2) is 30.3 Å². The number of carboxylic acids is 1. The molecule has 1 aromatic rings. The number of para-hydroxylation sites is 1. The molecule has 0 saturated carbocycles. The Morgan fingerprint density at radius 3 is 3.06 bits per heavy atom. The summed E-state index contributed by atoms with van der Waals surface area (Å²) in [6.07, 6.45) is 1.08. The predicted molar refractivity (Wildman–Crippen MR) is 70.0 cm³/mol. The van der Waals surface area contributed by atoms with E-state index in [1.807, 2.05) is 23.1 Å². The van der Waals surface area contributed by atoms with Crippen LogP contribution in [-0.2, 0) is 4.79 Å². The molecular formula is C13H18N2O3. The molecule has 0 saturated heterocycles. The van der Waals surface area contributed by atoms with Crippen molar-refractivity contribution < 1.29 is 14.6 Å². The van der Waals surface area contributed by atoms with E-state index < -0.39 is 5.97 Å². The number of ether oxygens (including phenoxy) is 1. The second-order valence-corrected chi connectivity index (χ2v) is 4.43. The standard InChI is InChI=1S/C13H18N2O3/c1-2-9-8-15(7-6-12(16)17)13-10(14)4-3-5-11(13)18-9/h3-5,9H,2,6-8,14H2,1H3,(H,16,17). The SMILES string of the molecule is CCC1CN(CCC(=O)O)c2c(N)cccc2O1. The van der Waals surface area contributed by atoms with Crippen molar-refractivity contribution in [3.05, 3.63) is 18.2 Å². The minimum absolute atomic E-state index is 0.0908. The highest BCUT2D eigenvalue weighted by atomic mass is 16.5. The number of carbonyl (C=O) groups is 1. The zero-order valence-electron chi connectivity index (χ0n) is 10.4. The molecule has 98 valence electrons. The van der Waals surface area contributed by atoms with Crippen LogP contribution in [0.2, 0.25) is 0 Å². The summed E-state index contributed by atoms with van der Waals surface area (Å²) in [5, 5.41) is 8.80. The van der Waals surface area contributed by atoms with Gasteiger partial charge in [-0.2, -0.15) is 0 Å². The number of carboxylic acid groups (broad SMARTS) is 1. The lowest BCUT2D eigenvalue weighted by Gasteiger charge is -2.36. The zero-order chi connectivity index (χ0) is 13.1. The highest BCUT2D eigenvalue weighted by molar-refractivity contribution is 5.76. The summed E-state index contributed by atoms with van der Waals surface area (Å²) < 4.78 is 5.83. The van der Waals surface area contributed by atoms with Crippen molar-refractivity contribution in [2.45, 2.75) is 25.9 Å². The van der Waals surface area contributed by atoms with Crippen LogP contribution in [0.1, 0.15) is 19.8 Å². The fourth-order valence-corrected chi connectivity index (χ4v) is 2.17. The van der Waals surface area contributed by atoms with Gasteiger partial charge in [-0.25, -0.2) is 0 Å². The maximum atomic E-state index is 10.7. The van der Waals surface area contributed by atoms with E-state index in [4.69, 9.17) is 15.6 Å². The lowest BCUT2D eigenvalue weighted by molar-refractivity contribution is -0.136. The molecule has 1 atom stereocenters. The lowest BCUT2D eigenvalue weighted by atomic mass is 10.1. The Kier molecular flexibility index (Phi) is 3.60. The third kappa shape index (κ3) is 2.50. The Balaban J connectivity index is 2.26. The molecule has 1 unspecified atom stereocenters. The van der Waals surface area contributed by atoms with Crippen LogP contribution in [0.4, 0.5) is 11.4 Å². The van der Waals surface area contributed by atoms with Gasteiger partial charge in [0.2, 0.25) is 0 Å². The van der Waals surface area contributed by atoms with Gasteiger partial charge in [-0.1, -0.05) is 13.0 Å². The number of benzene rings is 1. The van der Waals surface area contributed by atoms with Gasteiger partial charge >= 0.3 is 5.97 Å². The van der Waals surface area contributed by atoms with Gasteiger partial charge < -0.3 is 20.5 Å². The van der Waals surface area contributed by atoms with Crippen LogP contribution in [0, 0.1) is 0 Å². The third-order valence-corrected chi connectivity index (χ3v) is 3.12. The van der Waals surface area contributed by atoms with Gasteiger partial charge in [-0.05, 0) is 18.6 Å². The van der Waals surface area contributed by atoms with E-state index >= 15 is 0 Å². The predicted octanol–water partition coefficient (Wildman–Crippen LogP) is 1.72. The monoisotopic (exact) mass is 250 g/mol. The molecule has 5 nitrogen and oxygen atoms in total. The molecule has 0 radical (unpaired) electrons. The first-order chi connectivity index (χ1) is 8.61. The second kappa shape index (κ2) is 5.16. The lowest BCUT2D eigenvalue weighted by Crippen LogP contribution is -2.41. The molecule has 0 amide bonds. The average Bonchev–Trinajstić information content (AvgIpc) is 2.35. The Morgan fingerprint density at radius 1 is 1.61 bits per heavy atom. The van der Waals surface area contributed by atoms with Gasteiger partial charge in [0.25, 0.3) is 0 Å². The number of fused-ring (bicyclic) bond motifs is 1.